The molecule has 1 nitrogen and oxygen atoms in total. The highest BCUT2D eigenvalue weighted by atomic mass is 79.9. The van der Waals surface area contributed by atoms with Gasteiger partial charge in [0, 0.05) is 23.0 Å². The summed E-state index contributed by atoms with van der Waals surface area (Å²) in [6.45, 7) is 6.57. The largest absolute Gasteiger partial charge is 0.315 e. The molecule has 1 fully saturated rings. The van der Waals surface area contributed by atoms with Gasteiger partial charge in [0.1, 0.15) is 0 Å². The van der Waals surface area contributed by atoms with E-state index in [-0.39, 0.29) is 5.41 Å². The molecule has 0 bridgehead atoms. The maximum Gasteiger partial charge on any atom is 0.0254 e. The summed E-state index contributed by atoms with van der Waals surface area (Å²) in [6.07, 6.45) is 1.11. The molecule has 0 aromatic heterocycles. The summed E-state index contributed by atoms with van der Waals surface area (Å²) in [4.78, 5) is 0. The molecule has 0 saturated carbocycles. The van der Waals surface area contributed by atoms with Crippen LogP contribution in [0.1, 0.15) is 22.3 Å². The first kappa shape index (κ1) is 13.8. The zero-order valence-electron chi connectivity index (χ0n) is 12.0. The van der Waals surface area contributed by atoms with Crippen molar-refractivity contribution in [2.45, 2.75) is 25.7 Å². The molecule has 1 aliphatic heterocycles. The average Bonchev–Trinajstić information content (AvgIpc) is 2.38. The molecule has 20 heavy (non-hydrogen) atoms. The Labute approximate surface area is 129 Å². The molecule has 3 rings (SSSR count). The number of hydrogen-bond donors (Lipinski definition) is 1. The summed E-state index contributed by atoms with van der Waals surface area (Å²) < 4.78 is 1.23. The number of rotatable bonds is 3. The second-order valence-electron chi connectivity index (χ2n) is 5.91. The van der Waals surface area contributed by atoms with E-state index in [0.29, 0.717) is 0 Å². The third-order valence-electron chi connectivity index (χ3n) is 4.53. The molecule has 0 amide bonds. The van der Waals surface area contributed by atoms with E-state index in [2.05, 4.69) is 77.6 Å². The molecule has 0 atom stereocenters. The van der Waals surface area contributed by atoms with Gasteiger partial charge in [-0.2, -0.15) is 0 Å². The maximum absolute atomic E-state index is 3.73. The zero-order valence-corrected chi connectivity index (χ0v) is 13.6. The number of hydrogen-bond acceptors (Lipinski definition) is 1. The highest BCUT2D eigenvalue weighted by Crippen LogP contribution is 2.38. The van der Waals surface area contributed by atoms with Crippen LogP contribution in [0, 0.1) is 13.8 Å². The quantitative estimate of drug-likeness (QED) is 0.891. The van der Waals surface area contributed by atoms with Crippen LogP contribution in [-0.4, -0.2) is 13.1 Å². The van der Waals surface area contributed by atoms with Gasteiger partial charge in [-0.3, -0.25) is 0 Å². The van der Waals surface area contributed by atoms with Crippen molar-refractivity contribution in [1.82, 2.24) is 5.32 Å². The fraction of sp³-hybridized carbons (Fsp3) is 0.333. The molecule has 1 N–H and O–H groups in total. The highest BCUT2D eigenvalue weighted by Gasteiger charge is 2.40. The number of nitrogens with one attached hydrogen (secondary N) is 1. The normalized spacial score (nSPS) is 16.8. The van der Waals surface area contributed by atoms with Crippen molar-refractivity contribution < 1.29 is 0 Å². The van der Waals surface area contributed by atoms with Gasteiger partial charge in [-0.25, -0.2) is 0 Å². The Kier molecular flexibility index (Phi) is 3.70. The molecule has 1 saturated heterocycles. The van der Waals surface area contributed by atoms with Crippen molar-refractivity contribution in [1.29, 1.82) is 0 Å². The molecule has 2 aromatic rings. The lowest BCUT2D eigenvalue weighted by atomic mass is 9.70. The lowest BCUT2D eigenvalue weighted by Crippen LogP contribution is -2.58. The first-order chi connectivity index (χ1) is 9.62. The summed E-state index contributed by atoms with van der Waals surface area (Å²) in [5, 5.41) is 3.47. The van der Waals surface area contributed by atoms with Crippen molar-refractivity contribution in [3.63, 3.8) is 0 Å². The van der Waals surface area contributed by atoms with E-state index in [9.17, 15) is 0 Å². The topological polar surface area (TPSA) is 12.0 Å². The van der Waals surface area contributed by atoms with E-state index in [0.717, 1.165) is 19.5 Å². The van der Waals surface area contributed by atoms with Crippen LogP contribution < -0.4 is 5.32 Å². The molecular formula is C18H20BrN. The minimum atomic E-state index is 0.233. The van der Waals surface area contributed by atoms with Gasteiger partial charge in [-0.05, 0) is 48.6 Å². The Hall–Kier alpha value is -1.12. The van der Waals surface area contributed by atoms with Gasteiger partial charge in [0.25, 0.3) is 0 Å². The third kappa shape index (κ3) is 2.32. The SMILES string of the molecule is Cc1cccc(C)c1CC1(c2ccccc2Br)CNC1. The van der Waals surface area contributed by atoms with Crippen molar-refractivity contribution >= 4 is 15.9 Å². The molecule has 1 heterocycles. The zero-order chi connectivity index (χ0) is 14.2. The summed E-state index contributed by atoms with van der Waals surface area (Å²) in [5.41, 5.74) is 5.98. The lowest BCUT2D eigenvalue weighted by molar-refractivity contribution is 0.273. The Morgan fingerprint density at radius 2 is 1.65 bits per heavy atom. The van der Waals surface area contributed by atoms with Gasteiger partial charge in [-0.1, -0.05) is 52.3 Å². The van der Waals surface area contributed by atoms with Crippen LogP contribution >= 0.6 is 15.9 Å². The van der Waals surface area contributed by atoms with E-state index < -0.39 is 0 Å². The Balaban J connectivity index is 2.01. The molecule has 1 aliphatic rings. The standard InChI is InChI=1S/C18H20BrN/c1-13-6-5-7-14(2)15(13)10-18(11-20-12-18)16-8-3-4-9-17(16)19/h3-9,20H,10-12H2,1-2H3. The minimum absolute atomic E-state index is 0.233. The van der Waals surface area contributed by atoms with Gasteiger partial charge >= 0.3 is 0 Å². The summed E-state index contributed by atoms with van der Waals surface area (Å²) in [7, 11) is 0. The Bertz CT molecular complexity index is 609. The van der Waals surface area contributed by atoms with Gasteiger partial charge in [0.15, 0.2) is 0 Å². The van der Waals surface area contributed by atoms with Crippen molar-refractivity contribution in [3.8, 4) is 0 Å². The van der Waals surface area contributed by atoms with Crippen LogP contribution in [0.5, 0.6) is 0 Å². The first-order valence-corrected chi connectivity index (χ1v) is 7.92. The Morgan fingerprint density at radius 3 is 2.20 bits per heavy atom. The molecule has 104 valence electrons. The fourth-order valence-electron chi connectivity index (χ4n) is 3.19. The second kappa shape index (κ2) is 5.34. The molecule has 0 unspecified atom stereocenters. The van der Waals surface area contributed by atoms with Crippen LogP contribution in [-0.2, 0) is 11.8 Å². The summed E-state index contributed by atoms with van der Waals surface area (Å²) in [5.74, 6) is 0. The average molecular weight is 330 g/mol. The van der Waals surface area contributed by atoms with Gasteiger partial charge in [0.05, 0.1) is 0 Å². The van der Waals surface area contributed by atoms with Crippen molar-refractivity contribution in [2.75, 3.05) is 13.1 Å². The fourth-order valence-corrected chi connectivity index (χ4v) is 3.90. The predicted molar refractivity (Wildman–Crippen MR) is 88.3 cm³/mol. The number of benzene rings is 2. The third-order valence-corrected chi connectivity index (χ3v) is 5.22. The highest BCUT2D eigenvalue weighted by molar-refractivity contribution is 9.10. The molecule has 0 radical (unpaired) electrons. The number of halogens is 1. The molecular weight excluding hydrogens is 310 g/mol. The molecule has 0 aliphatic carbocycles. The van der Waals surface area contributed by atoms with Crippen molar-refractivity contribution in [3.05, 3.63) is 69.2 Å². The van der Waals surface area contributed by atoms with Crippen LogP contribution in [0.15, 0.2) is 46.9 Å². The van der Waals surface area contributed by atoms with Crippen LogP contribution in [0.4, 0.5) is 0 Å². The number of aryl methyl sites for hydroxylation is 2. The first-order valence-electron chi connectivity index (χ1n) is 7.13. The van der Waals surface area contributed by atoms with E-state index in [1.54, 1.807) is 0 Å². The van der Waals surface area contributed by atoms with Gasteiger partial charge in [-0.15, -0.1) is 0 Å². The van der Waals surface area contributed by atoms with E-state index in [1.165, 1.54) is 26.7 Å². The van der Waals surface area contributed by atoms with E-state index in [1.807, 2.05) is 0 Å². The van der Waals surface area contributed by atoms with Crippen LogP contribution in [0.3, 0.4) is 0 Å². The lowest BCUT2D eigenvalue weighted by Gasteiger charge is -2.44. The van der Waals surface area contributed by atoms with Crippen molar-refractivity contribution in [2.24, 2.45) is 0 Å². The Morgan fingerprint density at radius 1 is 1.00 bits per heavy atom. The molecule has 2 heteroatoms. The van der Waals surface area contributed by atoms with E-state index >= 15 is 0 Å². The summed E-state index contributed by atoms with van der Waals surface area (Å²) >= 11 is 3.73. The van der Waals surface area contributed by atoms with Crippen LogP contribution in [0.25, 0.3) is 0 Å². The van der Waals surface area contributed by atoms with Gasteiger partial charge in [0.2, 0.25) is 0 Å². The molecule has 0 spiro atoms. The summed E-state index contributed by atoms with van der Waals surface area (Å²) in [6, 6.07) is 15.2. The smallest absolute Gasteiger partial charge is 0.0254 e. The minimum Gasteiger partial charge on any atom is -0.315 e. The maximum atomic E-state index is 3.73. The van der Waals surface area contributed by atoms with Crippen LogP contribution in [0.2, 0.25) is 0 Å². The monoisotopic (exact) mass is 329 g/mol. The second-order valence-corrected chi connectivity index (χ2v) is 6.77. The van der Waals surface area contributed by atoms with Gasteiger partial charge < -0.3 is 5.32 Å². The molecule has 2 aromatic carbocycles. The van der Waals surface area contributed by atoms with E-state index in [4.69, 9.17) is 0 Å². The predicted octanol–water partition coefficient (Wildman–Crippen LogP) is 4.15.